The molecule has 0 aliphatic carbocycles. The fraction of sp³-hybridized carbons (Fsp3) is 0.167. The lowest BCUT2D eigenvalue weighted by Crippen LogP contribution is -2.18. The number of nitrogens with one attached hydrogen (secondary N) is 1. The normalized spacial score (nSPS) is 12.5. The molecule has 0 fully saturated rings. The van der Waals surface area contributed by atoms with Crippen LogP contribution in [0.5, 0.6) is 0 Å². The van der Waals surface area contributed by atoms with E-state index >= 15 is 0 Å². The topological polar surface area (TPSA) is 24.9 Å². The predicted octanol–water partition coefficient (Wildman–Crippen LogP) is 4.74. The molecule has 0 saturated heterocycles. The summed E-state index contributed by atoms with van der Waals surface area (Å²) in [6.07, 6.45) is 1.86. The van der Waals surface area contributed by atoms with E-state index in [0.717, 1.165) is 17.1 Å². The first-order chi connectivity index (χ1) is 10.2. The van der Waals surface area contributed by atoms with Crippen LogP contribution in [0.4, 0.5) is 0 Å². The Morgan fingerprint density at radius 2 is 1.95 bits per heavy atom. The summed E-state index contributed by atoms with van der Waals surface area (Å²) in [5.41, 5.74) is 3.49. The molecule has 0 aliphatic rings. The average molecular weight is 297 g/mol. The van der Waals surface area contributed by atoms with E-state index in [-0.39, 0.29) is 6.04 Å². The number of hydrogen-bond donors (Lipinski definition) is 1. The van der Waals surface area contributed by atoms with Crippen molar-refractivity contribution in [3.63, 3.8) is 0 Å². The summed E-state index contributed by atoms with van der Waals surface area (Å²) in [5, 5.41) is 5.52. The highest BCUT2D eigenvalue weighted by Crippen LogP contribution is 2.20. The van der Waals surface area contributed by atoms with E-state index in [4.69, 9.17) is 11.6 Å². The number of fused-ring (bicyclic) bond motifs is 1. The zero-order chi connectivity index (χ0) is 14.7. The van der Waals surface area contributed by atoms with Crippen LogP contribution >= 0.6 is 11.6 Å². The van der Waals surface area contributed by atoms with Gasteiger partial charge < -0.3 is 5.32 Å². The Balaban J connectivity index is 1.77. The zero-order valence-electron chi connectivity index (χ0n) is 11.9. The smallest absolute Gasteiger partial charge is 0.0705 e. The maximum absolute atomic E-state index is 6.05. The van der Waals surface area contributed by atoms with E-state index in [9.17, 15) is 0 Å². The summed E-state index contributed by atoms with van der Waals surface area (Å²) < 4.78 is 0. The van der Waals surface area contributed by atoms with Crippen LogP contribution in [0.1, 0.15) is 24.1 Å². The first-order valence-corrected chi connectivity index (χ1v) is 7.43. The number of hydrogen-bond acceptors (Lipinski definition) is 2. The van der Waals surface area contributed by atoms with Crippen molar-refractivity contribution in [3.8, 4) is 0 Å². The van der Waals surface area contributed by atoms with E-state index < -0.39 is 0 Å². The largest absolute Gasteiger partial charge is 0.306 e. The van der Waals surface area contributed by atoms with Crippen LogP contribution in [0.3, 0.4) is 0 Å². The van der Waals surface area contributed by atoms with Crippen molar-refractivity contribution in [1.82, 2.24) is 10.3 Å². The maximum Gasteiger partial charge on any atom is 0.0705 e. The second-order valence-electron chi connectivity index (χ2n) is 5.14. The molecule has 2 nitrogen and oxygen atoms in total. The molecule has 21 heavy (non-hydrogen) atoms. The maximum atomic E-state index is 6.05. The third kappa shape index (κ3) is 3.23. The Labute approximate surface area is 129 Å². The third-order valence-electron chi connectivity index (χ3n) is 3.69. The van der Waals surface area contributed by atoms with Gasteiger partial charge in [-0.15, -0.1) is 0 Å². The molecule has 3 rings (SSSR count). The van der Waals surface area contributed by atoms with Gasteiger partial charge in [-0.2, -0.15) is 0 Å². The lowest BCUT2D eigenvalue weighted by molar-refractivity contribution is 0.576. The van der Waals surface area contributed by atoms with Gasteiger partial charge in [-0.1, -0.05) is 41.9 Å². The number of nitrogens with zero attached hydrogens (tertiary/aromatic N) is 1. The van der Waals surface area contributed by atoms with Crippen LogP contribution in [0.25, 0.3) is 10.9 Å². The molecule has 1 heterocycles. The van der Waals surface area contributed by atoms with E-state index in [1.54, 1.807) is 0 Å². The Kier molecular flexibility index (Phi) is 4.18. The molecule has 0 radical (unpaired) electrons. The number of aromatic nitrogens is 1. The number of pyridine rings is 1. The van der Waals surface area contributed by atoms with E-state index in [1.165, 1.54) is 16.5 Å². The van der Waals surface area contributed by atoms with Gasteiger partial charge in [0.1, 0.15) is 0 Å². The minimum atomic E-state index is 0.246. The molecule has 0 saturated carbocycles. The van der Waals surface area contributed by atoms with Crippen molar-refractivity contribution >= 4 is 22.5 Å². The Morgan fingerprint density at radius 1 is 1.10 bits per heavy atom. The second kappa shape index (κ2) is 6.25. The summed E-state index contributed by atoms with van der Waals surface area (Å²) >= 11 is 6.05. The summed E-state index contributed by atoms with van der Waals surface area (Å²) in [5.74, 6) is 0. The first kappa shape index (κ1) is 14.1. The molecule has 0 spiro atoms. The van der Waals surface area contributed by atoms with Gasteiger partial charge in [0.05, 0.1) is 5.52 Å². The van der Waals surface area contributed by atoms with Crippen LogP contribution in [-0.2, 0) is 6.54 Å². The minimum Gasteiger partial charge on any atom is -0.306 e. The molecule has 3 aromatic rings. The molecular weight excluding hydrogens is 280 g/mol. The molecule has 1 aromatic heterocycles. The number of benzene rings is 2. The standard InChI is InChI=1S/C18H17ClN2/c1-13(14-5-4-6-16(19)11-14)21-12-15-9-10-20-18-8-3-2-7-17(15)18/h2-11,13,21H,12H2,1H3. The summed E-state index contributed by atoms with van der Waals surface area (Å²) in [4.78, 5) is 4.39. The van der Waals surface area contributed by atoms with Crippen molar-refractivity contribution in [3.05, 3.63) is 76.9 Å². The molecule has 1 atom stereocenters. The summed E-state index contributed by atoms with van der Waals surface area (Å²) in [7, 11) is 0. The SMILES string of the molecule is CC(NCc1ccnc2ccccc12)c1cccc(Cl)c1. The minimum absolute atomic E-state index is 0.246. The molecule has 0 bridgehead atoms. The van der Waals surface area contributed by atoms with Gasteiger partial charge in [-0.25, -0.2) is 0 Å². The lowest BCUT2D eigenvalue weighted by atomic mass is 10.1. The molecule has 1 N–H and O–H groups in total. The monoisotopic (exact) mass is 296 g/mol. The molecule has 1 unspecified atom stereocenters. The van der Waals surface area contributed by atoms with Crippen LogP contribution < -0.4 is 5.32 Å². The molecule has 0 amide bonds. The van der Waals surface area contributed by atoms with Gasteiger partial charge in [0.15, 0.2) is 0 Å². The van der Waals surface area contributed by atoms with Crippen molar-refractivity contribution in [2.24, 2.45) is 0 Å². The molecule has 106 valence electrons. The highest BCUT2D eigenvalue weighted by molar-refractivity contribution is 6.30. The third-order valence-corrected chi connectivity index (χ3v) is 3.92. The van der Waals surface area contributed by atoms with Crippen LogP contribution in [-0.4, -0.2) is 4.98 Å². The summed E-state index contributed by atoms with van der Waals surface area (Å²) in [6, 6.07) is 18.5. The van der Waals surface area contributed by atoms with Gasteiger partial charge in [0.25, 0.3) is 0 Å². The molecule has 0 aliphatic heterocycles. The predicted molar refractivity (Wildman–Crippen MR) is 88.4 cm³/mol. The fourth-order valence-electron chi connectivity index (χ4n) is 2.47. The molecule has 3 heteroatoms. The van der Waals surface area contributed by atoms with Crippen molar-refractivity contribution in [2.75, 3.05) is 0 Å². The van der Waals surface area contributed by atoms with Gasteiger partial charge in [-0.3, -0.25) is 4.98 Å². The van der Waals surface area contributed by atoms with Gasteiger partial charge in [-0.05, 0) is 42.3 Å². The zero-order valence-corrected chi connectivity index (χ0v) is 12.6. The summed E-state index contributed by atoms with van der Waals surface area (Å²) in [6.45, 7) is 2.95. The van der Waals surface area contributed by atoms with E-state index in [1.807, 2.05) is 42.6 Å². The highest BCUT2D eigenvalue weighted by atomic mass is 35.5. The lowest BCUT2D eigenvalue weighted by Gasteiger charge is -2.15. The van der Waals surface area contributed by atoms with Crippen LogP contribution in [0.15, 0.2) is 60.8 Å². The second-order valence-corrected chi connectivity index (χ2v) is 5.58. The Bertz CT molecular complexity index is 750. The van der Waals surface area contributed by atoms with E-state index in [0.29, 0.717) is 0 Å². The van der Waals surface area contributed by atoms with Crippen molar-refractivity contribution in [2.45, 2.75) is 19.5 Å². The highest BCUT2D eigenvalue weighted by Gasteiger charge is 2.07. The van der Waals surface area contributed by atoms with Gasteiger partial charge >= 0.3 is 0 Å². The van der Waals surface area contributed by atoms with Gasteiger partial charge in [0.2, 0.25) is 0 Å². The average Bonchev–Trinajstić information content (AvgIpc) is 2.52. The molecule has 2 aromatic carbocycles. The van der Waals surface area contributed by atoms with E-state index in [2.05, 4.69) is 35.4 Å². The number of para-hydroxylation sites is 1. The quantitative estimate of drug-likeness (QED) is 0.752. The van der Waals surface area contributed by atoms with Crippen LogP contribution in [0, 0.1) is 0 Å². The molecular formula is C18H17ClN2. The van der Waals surface area contributed by atoms with Crippen molar-refractivity contribution < 1.29 is 0 Å². The number of rotatable bonds is 4. The van der Waals surface area contributed by atoms with Gasteiger partial charge in [0, 0.05) is 29.2 Å². The number of halogens is 1. The Morgan fingerprint density at radius 3 is 2.81 bits per heavy atom. The first-order valence-electron chi connectivity index (χ1n) is 7.05. The van der Waals surface area contributed by atoms with Crippen LogP contribution in [0.2, 0.25) is 5.02 Å². The fourth-order valence-corrected chi connectivity index (χ4v) is 2.66. The Hall–Kier alpha value is -1.90. The van der Waals surface area contributed by atoms with Crippen molar-refractivity contribution in [1.29, 1.82) is 0 Å².